The van der Waals surface area contributed by atoms with Crippen LogP contribution in [-0.4, -0.2) is 29.1 Å². The molecule has 2 aliphatic rings. The predicted octanol–water partition coefficient (Wildman–Crippen LogP) is 3.67. The maximum absolute atomic E-state index is 9.82. The maximum atomic E-state index is 9.82. The van der Waals surface area contributed by atoms with Crippen LogP contribution in [0.25, 0.3) is 0 Å². The van der Waals surface area contributed by atoms with Crippen molar-refractivity contribution in [1.82, 2.24) is 4.90 Å². The lowest BCUT2D eigenvalue weighted by molar-refractivity contribution is 0.0398. The minimum Gasteiger partial charge on any atom is -0.508 e. The Morgan fingerprint density at radius 1 is 1.50 bits per heavy atom. The first-order chi connectivity index (χ1) is 9.56. The molecule has 0 spiro atoms. The van der Waals surface area contributed by atoms with Gasteiger partial charge in [0.25, 0.3) is 0 Å². The van der Waals surface area contributed by atoms with Crippen molar-refractivity contribution in [2.24, 2.45) is 5.92 Å². The molecule has 20 heavy (non-hydrogen) atoms. The number of likely N-dealkylation sites (tertiary alicyclic amines) is 1. The lowest BCUT2D eigenvalue weighted by Gasteiger charge is -2.54. The minimum absolute atomic E-state index is 0.179. The highest BCUT2D eigenvalue weighted by Crippen LogP contribution is 2.49. The zero-order valence-corrected chi connectivity index (χ0v) is 12.9. The van der Waals surface area contributed by atoms with Gasteiger partial charge in [0.2, 0.25) is 0 Å². The summed E-state index contributed by atoms with van der Waals surface area (Å²) in [6.45, 7) is 6.74. The molecule has 1 N–H and O–H groups in total. The summed E-state index contributed by atoms with van der Waals surface area (Å²) in [6, 6.07) is 6.47. The molecule has 2 nitrogen and oxygen atoms in total. The fourth-order valence-electron chi connectivity index (χ4n) is 4.10. The molecule has 1 aromatic carbocycles. The summed E-state index contributed by atoms with van der Waals surface area (Å²) in [5.74, 6) is 0.984. The van der Waals surface area contributed by atoms with Gasteiger partial charge < -0.3 is 5.11 Å². The molecule has 0 radical (unpaired) electrons. The van der Waals surface area contributed by atoms with E-state index in [9.17, 15) is 5.11 Å². The molecule has 1 heterocycles. The zero-order chi connectivity index (χ0) is 14.3. The van der Waals surface area contributed by atoms with Crippen molar-refractivity contribution in [3.05, 3.63) is 40.9 Å². The van der Waals surface area contributed by atoms with Crippen LogP contribution in [0.1, 0.15) is 31.4 Å². The van der Waals surface area contributed by atoms with Gasteiger partial charge in [-0.3, -0.25) is 4.90 Å². The summed E-state index contributed by atoms with van der Waals surface area (Å²) >= 11 is 5.68. The second-order valence-corrected chi connectivity index (χ2v) is 6.68. The van der Waals surface area contributed by atoms with Gasteiger partial charge in [0.15, 0.2) is 0 Å². The Bertz CT molecular complexity index is 542. The number of nitrogens with zero attached hydrogens (tertiary/aromatic N) is 1. The number of hydrogen-bond donors (Lipinski definition) is 1. The lowest BCUT2D eigenvalue weighted by Crippen LogP contribution is -2.57. The molecule has 3 unspecified atom stereocenters. The second-order valence-electron chi connectivity index (χ2n) is 6.43. The molecule has 0 aromatic heterocycles. The van der Waals surface area contributed by atoms with Crippen molar-refractivity contribution in [1.29, 1.82) is 0 Å². The first kappa shape index (κ1) is 14.0. The standard InChI is InChI=1S/C17H22ClNO/c1-12-16-10-13-4-5-14(20)11-15(13)17(12,2)6-9-19(16)8-3-7-18/h3-5,7,11-12,16,20H,6,8-10H2,1-2H3/b7-3-. The van der Waals surface area contributed by atoms with E-state index >= 15 is 0 Å². The topological polar surface area (TPSA) is 23.5 Å². The summed E-state index contributed by atoms with van der Waals surface area (Å²) in [6.07, 6.45) is 4.24. The summed E-state index contributed by atoms with van der Waals surface area (Å²) in [5, 5.41) is 9.82. The Kier molecular flexibility index (Phi) is 3.55. The molecule has 2 bridgehead atoms. The van der Waals surface area contributed by atoms with Crippen LogP contribution in [0.15, 0.2) is 29.8 Å². The molecule has 3 atom stereocenters. The Hall–Kier alpha value is -0.990. The van der Waals surface area contributed by atoms with Crippen molar-refractivity contribution in [2.75, 3.05) is 13.1 Å². The average Bonchev–Trinajstić information content (AvgIpc) is 2.43. The molecule has 108 valence electrons. The number of benzene rings is 1. The Labute approximate surface area is 126 Å². The van der Waals surface area contributed by atoms with Gasteiger partial charge in [-0.2, -0.15) is 0 Å². The van der Waals surface area contributed by atoms with Gasteiger partial charge in [0.1, 0.15) is 5.75 Å². The summed E-state index contributed by atoms with van der Waals surface area (Å²) < 4.78 is 0. The molecule has 1 aliphatic carbocycles. The van der Waals surface area contributed by atoms with E-state index < -0.39 is 0 Å². The first-order valence-electron chi connectivity index (χ1n) is 7.38. The molecule has 3 rings (SSSR count). The SMILES string of the molecule is CC1C2Cc3ccc(O)cc3C1(C)CCN2C/C=C\Cl. The Morgan fingerprint density at radius 2 is 2.30 bits per heavy atom. The maximum Gasteiger partial charge on any atom is 0.115 e. The third-order valence-electron chi connectivity index (χ3n) is 5.54. The Balaban J connectivity index is 1.99. The van der Waals surface area contributed by atoms with Crippen LogP contribution in [0.2, 0.25) is 0 Å². The largest absolute Gasteiger partial charge is 0.508 e. The van der Waals surface area contributed by atoms with Crippen molar-refractivity contribution in [2.45, 2.75) is 38.1 Å². The van der Waals surface area contributed by atoms with E-state index in [1.54, 1.807) is 5.54 Å². The van der Waals surface area contributed by atoms with Crippen LogP contribution < -0.4 is 0 Å². The van der Waals surface area contributed by atoms with Crippen LogP contribution in [0.4, 0.5) is 0 Å². The smallest absolute Gasteiger partial charge is 0.115 e. The summed E-state index contributed by atoms with van der Waals surface area (Å²) in [5.41, 5.74) is 4.55. The quantitative estimate of drug-likeness (QED) is 0.899. The zero-order valence-electron chi connectivity index (χ0n) is 12.1. The molecule has 0 saturated carbocycles. The summed E-state index contributed by atoms with van der Waals surface area (Å²) in [4.78, 5) is 2.54. The van der Waals surface area contributed by atoms with Gasteiger partial charge >= 0.3 is 0 Å². The average molecular weight is 292 g/mol. The van der Waals surface area contributed by atoms with Crippen molar-refractivity contribution < 1.29 is 5.11 Å². The van der Waals surface area contributed by atoms with Gasteiger partial charge in [-0.1, -0.05) is 37.6 Å². The molecular formula is C17H22ClNO. The van der Waals surface area contributed by atoms with E-state index in [0.29, 0.717) is 17.7 Å². The first-order valence-corrected chi connectivity index (χ1v) is 7.81. The van der Waals surface area contributed by atoms with Crippen LogP contribution in [-0.2, 0) is 11.8 Å². The van der Waals surface area contributed by atoms with Crippen LogP contribution in [0.3, 0.4) is 0 Å². The van der Waals surface area contributed by atoms with E-state index in [1.165, 1.54) is 11.1 Å². The lowest BCUT2D eigenvalue weighted by atomic mass is 9.59. The third-order valence-corrected chi connectivity index (χ3v) is 5.71. The second kappa shape index (κ2) is 5.09. The molecule has 1 saturated heterocycles. The number of piperidine rings is 1. The fraction of sp³-hybridized carbons (Fsp3) is 0.529. The van der Waals surface area contributed by atoms with E-state index in [1.807, 2.05) is 18.2 Å². The van der Waals surface area contributed by atoms with Gasteiger partial charge in [-0.25, -0.2) is 0 Å². The highest BCUT2D eigenvalue weighted by Gasteiger charge is 2.48. The van der Waals surface area contributed by atoms with Gasteiger partial charge in [0.05, 0.1) is 0 Å². The van der Waals surface area contributed by atoms with Crippen LogP contribution in [0.5, 0.6) is 5.75 Å². The number of phenolic OH excluding ortho intramolecular Hbond substituents is 1. The van der Waals surface area contributed by atoms with Crippen molar-refractivity contribution in [3.8, 4) is 5.75 Å². The van der Waals surface area contributed by atoms with Crippen LogP contribution in [0, 0.1) is 5.92 Å². The van der Waals surface area contributed by atoms with E-state index in [4.69, 9.17) is 11.6 Å². The monoisotopic (exact) mass is 291 g/mol. The summed E-state index contributed by atoms with van der Waals surface area (Å²) in [7, 11) is 0. The number of aromatic hydroxyl groups is 1. The number of halogens is 1. The van der Waals surface area contributed by atoms with Gasteiger partial charge in [-0.15, -0.1) is 0 Å². The van der Waals surface area contributed by atoms with Crippen molar-refractivity contribution >= 4 is 11.6 Å². The highest BCUT2D eigenvalue weighted by molar-refractivity contribution is 6.25. The molecular weight excluding hydrogens is 270 g/mol. The van der Waals surface area contributed by atoms with Crippen LogP contribution >= 0.6 is 11.6 Å². The van der Waals surface area contributed by atoms with Gasteiger partial charge in [0, 0.05) is 18.1 Å². The third kappa shape index (κ3) is 2.06. The number of fused-ring (bicyclic) bond motifs is 4. The fourth-order valence-corrected chi connectivity index (χ4v) is 4.18. The molecule has 1 fully saturated rings. The number of hydrogen-bond acceptors (Lipinski definition) is 2. The van der Waals surface area contributed by atoms with Crippen molar-refractivity contribution in [3.63, 3.8) is 0 Å². The highest BCUT2D eigenvalue weighted by atomic mass is 35.5. The normalized spacial score (nSPS) is 33.4. The molecule has 1 aromatic rings. The van der Waals surface area contributed by atoms with Gasteiger partial charge in [-0.05, 0) is 54.0 Å². The number of phenols is 1. The Morgan fingerprint density at radius 3 is 3.05 bits per heavy atom. The molecule has 3 heteroatoms. The molecule has 0 amide bonds. The van der Waals surface area contributed by atoms with E-state index in [0.717, 1.165) is 25.9 Å². The van der Waals surface area contributed by atoms with E-state index in [2.05, 4.69) is 24.8 Å². The molecule has 1 aliphatic heterocycles. The predicted molar refractivity (Wildman–Crippen MR) is 83.3 cm³/mol. The van der Waals surface area contributed by atoms with E-state index in [-0.39, 0.29) is 5.41 Å². The minimum atomic E-state index is 0.179. The number of rotatable bonds is 2.